The van der Waals surface area contributed by atoms with Gasteiger partial charge in [-0.1, -0.05) is 34.6 Å². The molecule has 0 spiro atoms. The average molecular weight is 421 g/mol. The number of quaternary nitrogens is 2. The summed E-state index contributed by atoms with van der Waals surface area (Å²) >= 11 is 0. The summed E-state index contributed by atoms with van der Waals surface area (Å²) in [6, 6.07) is 0. The molecular weight excluding hydrogens is 380 g/mol. The van der Waals surface area contributed by atoms with Crippen LogP contribution in [0.25, 0.3) is 0 Å². The van der Waals surface area contributed by atoms with Gasteiger partial charge in [0.25, 0.3) is 0 Å². The molecule has 0 aliphatic heterocycles. The van der Waals surface area contributed by atoms with Gasteiger partial charge in [-0.15, -0.1) is 0 Å². The van der Waals surface area contributed by atoms with Crippen LogP contribution in [0.5, 0.6) is 0 Å². The van der Waals surface area contributed by atoms with E-state index in [0.717, 1.165) is 19.0 Å². The summed E-state index contributed by atoms with van der Waals surface area (Å²) in [5.74, 6) is 0.803. The zero-order valence-electron chi connectivity index (χ0n) is 17.1. The predicted molar refractivity (Wildman–Crippen MR) is 102 cm³/mol. The van der Waals surface area contributed by atoms with Crippen LogP contribution >= 0.6 is 0 Å². The molecule has 0 aromatic rings. The van der Waals surface area contributed by atoms with E-state index in [9.17, 15) is 25.9 Å². The molecule has 0 aromatic heterocycles. The minimum Gasteiger partial charge on any atom is -0.748 e. The smallest absolute Gasteiger partial charge is 0.0975 e. The van der Waals surface area contributed by atoms with Crippen molar-refractivity contribution < 1.29 is 37.4 Å². The molecule has 0 aliphatic rings. The minimum absolute atomic E-state index is 0.419. The second kappa shape index (κ2) is 16.9. The summed E-state index contributed by atoms with van der Waals surface area (Å²) in [6.07, 6.45) is 4.24. The average Bonchev–Trinajstić information content (AvgIpc) is 2.53. The largest absolute Gasteiger partial charge is 0.748 e. The summed E-state index contributed by atoms with van der Waals surface area (Å²) in [7, 11) is -8.03. The zero-order chi connectivity index (χ0) is 21.4. The summed E-state index contributed by atoms with van der Waals surface area (Å²) in [4.78, 5) is 0. The highest BCUT2D eigenvalue weighted by molar-refractivity contribution is 7.86. The van der Waals surface area contributed by atoms with Crippen molar-refractivity contribution in [2.24, 2.45) is 5.92 Å². The maximum absolute atomic E-state index is 10.2. The van der Waals surface area contributed by atoms with E-state index in [0.29, 0.717) is 25.7 Å². The molecule has 26 heavy (non-hydrogen) atoms. The first-order valence-corrected chi connectivity index (χ1v) is 12.3. The van der Waals surface area contributed by atoms with Gasteiger partial charge in [0.2, 0.25) is 0 Å². The molecule has 0 bridgehead atoms. The van der Waals surface area contributed by atoms with Gasteiger partial charge >= 0.3 is 0 Å². The molecule has 0 heterocycles. The van der Waals surface area contributed by atoms with Crippen molar-refractivity contribution in [1.82, 2.24) is 0 Å². The Bertz CT molecular complexity index is 461. The van der Waals surface area contributed by atoms with Gasteiger partial charge in [-0.2, -0.15) is 0 Å². The van der Waals surface area contributed by atoms with Crippen LogP contribution in [-0.2, 0) is 20.2 Å². The van der Waals surface area contributed by atoms with Gasteiger partial charge in [-0.05, 0) is 38.5 Å². The Kier molecular flexibility index (Phi) is 19.8. The van der Waals surface area contributed by atoms with Crippen molar-refractivity contribution in [2.45, 2.75) is 83.6 Å². The van der Waals surface area contributed by atoms with Gasteiger partial charge in [-0.3, -0.25) is 0 Å². The fourth-order valence-corrected chi connectivity index (χ4v) is 3.66. The second-order valence-corrected chi connectivity index (χ2v) is 9.56. The first kappa shape index (κ1) is 30.5. The third kappa shape index (κ3) is 18.5. The van der Waals surface area contributed by atoms with Crippen LogP contribution in [0.15, 0.2) is 0 Å². The molecule has 0 amide bonds. The van der Waals surface area contributed by atoms with E-state index < -0.39 is 30.7 Å². The van der Waals surface area contributed by atoms with Gasteiger partial charge in [0.05, 0.1) is 33.3 Å². The number of hydrogen-bond acceptors (Lipinski definition) is 6. The Labute approximate surface area is 160 Å². The van der Waals surface area contributed by atoms with Crippen LogP contribution in [0.1, 0.15) is 73.1 Å². The van der Waals surface area contributed by atoms with Crippen LogP contribution in [-0.4, -0.2) is 49.5 Å². The molecule has 0 saturated heterocycles. The molecule has 0 aromatic carbocycles. The highest BCUT2D eigenvalue weighted by Gasteiger charge is 2.10. The summed E-state index contributed by atoms with van der Waals surface area (Å²) in [6.45, 7) is 11.2. The summed E-state index contributed by atoms with van der Waals surface area (Å²) < 4.78 is 61.4. The maximum Gasteiger partial charge on any atom is 0.0975 e. The second-order valence-electron chi connectivity index (χ2n) is 6.25. The van der Waals surface area contributed by atoms with E-state index in [4.69, 9.17) is 0 Å². The first-order chi connectivity index (χ1) is 11.8. The Morgan fingerprint density at radius 3 is 1.19 bits per heavy atom. The fourth-order valence-electron chi connectivity index (χ4n) is 2.03. The van der Waals surface area contributed by atoms with Crippen LogP contribution in [0.4, 0.5) is 0 Å². The Morgan fingerprint density at radius 1 is 0.769 bits per heavy atom. The Balaban J connectivity index is -0.000000306. The highest BCUT2D eigenvalue weighted by atomic mass is 32.2. The number of hydrogen-bond donors (Lipinski definition) is 2. The molecule has 6 N–H and O–H groups in total. The predicted octanol–water partition coefficient (Wildman–Crippen LogP) is 0.327. The summed E-state index contributed by atoms with van der Waals surface area (Å²) in [5, 5.41) is -1.37. The molecule has 1 unspecified atom stereocenters. The Hall–Kier alpha value is -0.260. The topological polar surface area (TPSA) is 170 Å². The SMILES string of the molecule is CC(C[NH3+])CCC[NH3+].CCC(CC)S(=O)(=O)[O-].CCC(CC)S(=O)(=O)[O-]. The molecule has 1 atom stereocenters. The molecule has 8 nitrogen and oxygen atoms in total. The Morgan fingerprint density at radius 2 is 1.08 bits per heavy atom. The lowest BCUT2D eigenvalue weighted by atomic mass is 10.1. The van der Waals surface area contributed by atoms with Gasteiger partial charge in [0.1, 0.15) is 0 Å². The van der Waals surface area contributed by atoms with E-state index >= 15 is 0 Å². The van der Waals surface area contributed by atoms with E-state index in [1.54, 1.807) is 27.7 Å². The lowest BCUT2D eigenvalue weighted by Crippen LogP contribution is -2.54. The lowest BCUT2D eigenvalue weighted by molar-refractivity contribution is -0.382. The van der Waals surface area contributed by atoms with Crippen molar-refractivity contribution in [3.8, 4) is 0 Å². The summed E-state index contributed by atoms with van der Waals surface area (Å²) in [5.41, 5.74) is 7.59. The van der Waals surface area contributed by atoms with Crippen molar-refractivity contribution in [3.63, 3.8) is 0 Å². The number of rotatable bonds is 10. The minimum atomic E-state index is -4.02. The van der Waals surface area contributed by atoms with Gasteiger partial charge in [0.15, 0.2) is 0 Å². The van der Waals surface area contributed by atoms with E-state index in [2.05, 4.69) is 18.4 Å². The lowest BCUT2D eigenvalue weighted by Gasteiger charge is -2.15. The molecule has 0 fully saturated rings. The van der Waals surface area contributed by atoms with E-state index in [1.165, 1.54) is 12.8 Å². The molecule has 0 rings (SSSR count). The van der Waals surface area contributed by atoms with Crippen LogP contribution < -0.4 is 11.5 Å². The van der Waals surface area contributed by atoms with E-state index in [-0.39, 0.29) is 0 Å². The van der Waals surface area contributed by atoms with E-state index in [1.807, 2.05) is 0 Å². The van der Waals surface area contributed by atoms with Crippen molar-refractivity contribution >= 4 is 20.2 Å². The molecular formula is C16H40N2O6S2. The molecule has 0 aliphatic carbocycles. The van der Waals surface area contributed by atoms with Gasteiger partial charge < -0.3 is 20.6 Å². The fraction of sp³-hybridized carbons (Fsp3) is 1.00. The first-order valence-electron chi connectivity index (χ1n) is 9.33. The highest BCUT2D eigenvalue weighted by Crippen LogP contribution is 2.07. The monoisotopic (exact) mass is 420 g/mol. The molecule has 0 saturated carbocycles. The molecule has 10 heteroatoms. The van der Waals surface area contributed by atoms with Crippen LogP contribution in [0.3, 0.4) is 0 Å². The van der Waals surface area contributed by atoms with Crippen molar-refractivity contribution in [1.29, 1.82) is 0 Å². The third-order valence-electron chi connectivity index (χ3n) is 4.08. The van der Waals surface area contributed by atoms with Crippen LogP contribution in [0, 0.1) is 5.92 Å². The zero-order valence-corrected chi connectivity index (χ0v) is 18.7. The van der Waals surface area contributed by atoms with Gasteiger partial charge in [0, 0.05) is 16.4 Å². The third-order valence-corrected chi connectivity index (χ3v) is 7.04. The maximum atomic E-state index is 10.2. The standard InChI is InChI=1S/C6H16N2.2C5H12O3S/c1-6(5-8)3-2-4-7;2*1-3-5(4-2)9(6,7)8/h6H,2-5,7-8H2,1H3;2*5H,3-4H2,1-2H3,(H,6,7,8). The molecule has 162 valence electrons. The van der Waals surface area contributed by atoms with Gasteiger partial charge in [-0.25, -0.2) is 16.8 Å². The quantitative estimate of drug-likeness (QED) is 0.482. The van der Waals surface area contributed by atoms with Crippen molar-refractivity contribution in [2.75, 3.05) is 13.1 Å². The normalized spacial score (nSPS) is 12.9. The van der Waals surface area contributed by atoms with Crippen LogP contribution in [0.2, 0.25) is 0 Å². The molecule has 0 radical (unpaired) electrons. The van der Waals surface area contributed by atoms with Crippen molar-refractivity contribution in [3.05, 3.63) is 0 Å².